The summed E-state index contributed by atoms with van der Waals surface area (Å²) in [6.45, 7) is 1.78. The Morgan fingerprint density at radius 1 is 1.11 bits per heavy atom. The van der Waals surface area contributed by atoms with Crippen molar-refractivity contribution in [2.45, 2.75) is 6.92 Å². The van der Waals surface area contributed by atoms with Gasteiger partial charge >= 0.3 is 0 Å². The van der Waals surface area contributed by atoms with Gasteiger partial charge in [-0.25, -0.2) is 0 Å². The van der Waals surface area contributed by atoms with Crippen molar-refractivity contribution in [2.75, 3.05) is 0 Å². The maximum absolute atomic E-state index is 8.98. The second-order valence-corrected chi connectivity index (χ2v) is 3.89. The first-order valence-electron chi connectivity index (χ1n) is 5.67. The van der Waals surface area contributed by atoms with E-state index in [0.717, 1.165) is 16.7 Å². The predicted octanol–water partition coefficient (Wildman–Crippen LogP) is 3.47. The molecule has 0 saturated heterocycles. The number of hydrogen-bond acceptors (Lipinski definition) is 3. The fourth-order valence-corrected chi connectivity index (χ4v) is 1.69. The van der Waals surface area contributed by atoms with Crippen LogP contribution in [-0.4, -0.2) is 15.9 Å². The van der Waals surface area contributed by atoms with Crippen LogP contribution < -0.4 is 0 Å². The fourth-order valence-electron chi connectivity index (χ4n) is 1.69. The van der Waals surface area contributed by atoms with Gasteiger partial charge in [-0.15, -0.1) is 0 Å². The summed E-state index contributed by atoms with van der Waals surface area (Å²) in [5.41, 5.74) is 3.51. The number of allylic oxidation sites excluding steroid dienone is 1. The van der Waals surface area contributed by atoms with Gasteiger partial charge in [-0.2, -0.15) is 0 Å². The molecule has 2 aromatic rings. The third kappa shape index (κ3) is 2.83. The lowest BCUT2D eigenvalue weighted by Gasteiger charge is -2.06. The quantitative estimate of drug-likeness (QED) is 0.505. The van der Waals surface area contributed by atoms with Crippen LogP contribution in [0.5, 0.6) is 0 Å². The molecule has 0 unspecified atom stereocenters. The van der Waals surface area contributed by atoms with Crippen LogP contribution >= 0.6 is 0 Å². The molecule has 0 aliphatic heterocycles. The average Bonchev–Trinajstić information content (AvgIpc) is 2.46. The average molecular weight is 238 g/mol. The van der Waals surface area contributed by atoms with E-state index in [1.54, 1.807) is 19.3 Å². The Hall–Kier alpha value is -2.42. The molecule has 0 atom stereocenters. The van der Waals surface area contributed by atoms with Gasteiger partial charge in [0.1, 0.15) is 0 Å². The minimum atomic E-state index is 0.581. The van der Waals surface area contributed by atoms with Crippen LogP contribution in [0.2, 0.25) is 0 Å². The second kappa shape index (κ2) is 5.77. The highest BCUT2D eigenvalue weighted by molar-refractivity contribution is 6.26. The molecule has 3 nitrogen and oxygen atoms in total. The van der Waals surface area contributed by atoms with Crippen molar-refractivity contribution < 1.29 is 5.21 Å². The Bertz CT molecular complexity index is 560. The number of aromatic nitrogens is 1. The van der Waals surface area contributed by atoms with Crippen LogP contribution in [0.1, 0.15) is 18.1 Å². The van der Waals surface area contributed by atoms with Crippen molar-refractivity contribution in [1.29, 1.82) is 0 Å². The molecule has 0 fully saturated rings. The van der Waals surface area contributed by atoms with Gasteiger partial charge in [0.2, 0.25) is 0 Å². The van der Waals surface area contributed by atoms with Crippen molar-refractivity contribution in [3.05, 3.63) is 66.0 Å². The third-order valence-corrected chi connectivity index (χ3v) is 2.64. The number of nitrogens with zero attached hydrogens (tertiary/aromatic N) is 2. The molecule has 90 valence electrons. The first-order valence-corrected chi connectivity index (χ1v) is 5.67. The van der Waals surface area contributed by atoms with E-state index in [9.17, 15) is 0 Å². The van der Waals surface area contributed by atoms with Crippen LogP contribution in [0.15, 0.2) is 60.0 Å². The van der Waals surface area contributed by atoms with Gasteiger partial charge < -0.3 is 5.21 Å². The third-order valence-electron chi connectivity index (χ3n) is 2.64. The lowest BCUT2D eigenvalue weighted by molar-refractivity contribution is 0.319. The molecule has 0 aliphatic rings. The van der Waals surface area contributed by atoms with Crippen LogP contribution in [0, 0.1) is 0 Å². The van der Waals surface area contributed by atoms with E-state index in [1.165, 1.54) is 0 Å². The van der Waals surface area contributed by atoms with Gasteiger partial charge in [-0.1, -0.05) is 35.5 Å². The van der Waals surface area contributed by atoms with Gasteiger partial charge in [-0.05, 0) is 36.3 Å². The van der Waals surface area contributed by atoms with Gasteiger partial charge in [0.15, 0.2) is 0 Å². The normalized spacial score (nSPS) is 12.5. The molecule has 0 spiro atoms. The van der Waals surface area contributed by atoms with Gasteiger partial charge in [0.25, 0.3) is 0 Å². The summed E-state index contributed by atoms with van der Waals surface area (Å²) in [7, 11) is 0. The molecule has 1 aromatic heterocycles. The van der Waals surface area contributed by atoms with Gasteiger partial charge in [-0.3, -0.25) is 4.98 Å². The summed E-state index contributed by atoms with van der Waals surface area (Å²) in [6, 6.07) is 13.7. The highest BCUT2D eigenvalue weighted by Gasteiger charge is 2.05. The summed E-state index contributed by atoms with van der Waals surface area (Å²) in [6.07, 6.45) is 5.45. The molecule has 1 aromatic carbocycles. The topological polar surface area (TPSA) is 45.5 Å². The van der Waals surface area contributed by atoms with Crippen molar-refractivity contribution in [1.82, 2.24) is 4.98 Å². The maximum atomic E-state index is 8.98. The zero-order valence-corrected chi connectivity index (χ0v) is 10.1. The summed E-state index contributed by atoms with van der Waals surface area (Å²) < 4.78 is 0. The Morgan fingerprint density at radius 3 is 2.39 bits per heavy atom. The number of rotatable bonds is 3. The summed E-state index contributed by atoms with van der Waals surface area (Å²) in [4.78, 5) is 3.98. The molecule has 3 heteroatoms. The minimum absolute atomic E-state index is 0.581. The van der Waals surface area contributed by atoms with E-state index in [4.69, 9.17) is 5.21 Å². The standard InChI is InChI=1S/C15H14N2O/c1-12(17-18)15(14-5-3-2-4-6-14)11-13-7-9-16-10-8-13/h2-11,18H,1H3/b15-11+,17-12+. The molecule has 1 heterocycles. The Morgan fingerprint density at radius 2 is 1.78 bits per heavy atom. The van der Waals surface area contributed by atoms with E-state index in [2.05, 4.69) is 10.1 Å². The molecular weight excluding hydrogens is 224 g/mol. The highest BCUT2D eigenvalue weighted by atomic mass is 16.4. The molecule has 0 amide bonds. The molecule has 2 rings (SSSR count). The summed E-state index contributed by atoms with van der Waals surface area (Å²) in [5.74, 6) is 0. The van der Waals surface area contributed by atoms with Crippen LogP contribution in [0.3, 0.4) is 0 Å². The zero-order chi connectivity index (χ0) is 12.8. The van der Waals surface area contributed by atoms with Crippen LogP contribution in [0.4, 0.5) is 0 Å². The molecule has 0 saturated carbocycles. The van der Waals surface area contributed by atoms with Gasteiger partial charge in [0, 0.05) is 18.0 Å². The molecule has 0 radical (unpaired) electrons. The zero-order valence-electron chi connectivity index (χ0n) is 10.1. The SMILES string of the molecule is CC(=N\O)/C(=C\c1ccncc1)c1ccccc1. The molecular formula is C15H14N2O. The first-order chi connectivity index (χ1) is 8.81. The van der Waals surface area contributed by atoms with Crippen molar-refractivity contribution >= 4 is 17.4 Å². The van der Waals surface area contributed by atoms with Crippen LogP contribution in [-0.2, 0) is 0 Å². The smallest absolute Gasteiger partial charge is 0.0843 e. The largest absolute Gasteiger partial charge is 0.411 e. The lowest BCUT2D eigenvalue weighted by Crippen LogP contribution is -1.97. The molecule has 0 aliphatic carbocycles. The monoisotopic (exact) mass is 238 g/mol. The minimum Gasteiger partial charge on any atom is -0.411 e. The van der Waals surface area contributed by atoms with E-state index >= 15 is 0 Å². The number of hydrogen-bond donors (Lipinski definition) is 1. The van der Waals surface area contributed by atoms with Crippen molar-refractivity contribution in [3.8, 4) is 0 Å². The number of benzene rings is 1. The van der Waals surface area contributed by atoms with Crippen LogP contribution in [0.25, 0.3) is 11.6 Å². The number of oxime groups is 1. The Labute approximate surface area is 106 Å². The van der Waals surface area contributed by atoms with E-state index < -0.39 is 0 Å². The highest BCUT2D eigenvalue weighted by Crippen LogP contribution is 2.19. The molecule has 1 N–H and O–H groups in total. The summed E-state index contributed by atoms with van der Waals surface area (Å²) >= 11 is 0. The summed E-state index contributed by atoms with van der Waals surface area (Å²) in [5, 5.41) is 12.3. The maximum Gasteiger partial charge on any atom is 0.0843 e. The van der Waals surface area contributed by atoms with Crippen molar-refractivity contribution in [2.24, 2.45) is 5.16 Å². The van der Waals surface area contributed by atoms with Crippen molar-refractivity contribution in [3.63, 3.8) is 0 Å². The second-order valence-electron chi connectivity index (χ2n) is 3.89. The lowest BCUT2D eigenvalue weighted by atomic mass is 10.00. The first kappa shape index (κ1) is 12.0. The van der Waals surface area contributed by atoms with E-state index in [1.807, 2.05) is 48.5 Å². The Kier molecular flexibility index (Phi) is 3.86. The van der Waals surface area contributed by atoms with E-state index in [-0.39, 0.29) is 0 Å². The van der Waals surface area contributed by atoms with Gasteiger partial charge in [0.05, 0.1) is 5.71 Å². The predicted molar refractivity (Wildman–Crippen MR) is 73.4 cm³/mol. The molecule has 0 bridgehead atoms. The number of pyridine rings is 1. The van der Waals surface area contributed by atoms with E-state index in [0.29, 0.717) is 5.71 Å². The Balaban J connectivity index is 2.48. The fraction of sp³-hybridized carbons (Fsp3) is 0.0667. The molecule has 18 heavy (non-hydrogen) atoms.